The van der Waals surface area contributed by atoms with E-state index in [2.05, 4.69) is 15.5 Å². The zero-order chi connectivity index (χ0) is 17.6. The van der Waals surface area contributed by atoms with Gasteiger partial charge in [0.2, 0.25) is 5.89 Å². The van der Waals surface area contributed by atoms with Crippen LogP contribution >= 0.6 is 0 Å². The third-order valence-electron chi connectivity index (χ3n) is 3.54. The molecule has 1 N–H and O–H groups in total. The van der Waals surface area contributed by atoms with Crippen molar-refractivity contribution in [2.24, 2.45) is 0 Å². The first-order chi connectivity index (χ1) is 12.2. The molecule has 0 aliphatic heterocycles. The van der Waals surface area contributed by atoms with E-state index in [0.29, 0.717) is 23.9 Å². The molecule has 0 aliphatic rings. The average Bonchev–Trinajstić information content (AvgIpc) is 3.17. The SMILES string of the molecule is COc1ccc(CNC(=O)c2nnc(-c3ccccc3)o2)cc1OC. The number of ether oxygens (including phenoxy) is 2. The van der Waals surface area contributed by atoms with E-state index in [1.807, 2.05) is 36.4 Å². The number of carbonyl (C=O) groups excluding carboxylic acids is 1. The van der Waals surface area contributed by atoms with Gasteiger partial charge in [0.25, 0.3) is 0 Å². The summed E-state index contributed by atoms with van der Waals surface area (Å²) in [6, 6.07) is 14.7. The molecule has 1 heterocycles. The normalized spacial score (nSPS) is 10.3. The molecule has 7 heteroatoms. The van der Waals surface area contributed by atoms with Gasteiger partial charge < -0.3 is 19.2 Å². The molecule has 7 nitrogen and oxygen atoms in total. The molecule has 0 saturated heterocycles. The predicted molar refractivity (Wildman–Crippen MR) is 90.5 cm³/mol. The second-order valence-corrected chi connectivity index (χ2v) is 5.15. The van der Waals surface area contributed by atoms with E-state index >= 15 is 0 Å². The fourth-order valence-electron chi connectivity index (χ4n) is 2.26. The Morgan fingerprint density at radius 2 is 1.80 bits per heavy atom. The lowest BCUT2D eigenvalue weighted by molar-refractivity contribution is 0.0917. The smallest absolute Gasteiger partial charge is 0.309 e. The lowest BCUT2D eigenvalue weighted by Crippen LogP contribution is -2.23. The molecular weight excluding hydrogens is 322 g/mol. The Morgan fingerprint density at radius 3 is 2.52 bits per heavy atom. The molecular formula is C18H17N3O4. The number of amides is 1. The third-order valence-corrected chi connectivity index (χ3v) is 3.54. The first kappa shape index (κ1) is 16.5. The van der Waals surface area contributed by atoms with Crippen molar-refractivity contribution in [3.8, 4) is 23.0 Å². The molecule has 0 spiro atoms. The second kappa shape index (κ2) is 7.48. The van der Waals surface area contributed by atoms with Crippen molar-refractivity contribution in [1.82, 2.24) is 15.5 Å². The van der Waals surface area contributed by atoms with Crippen molar-refractivity contribution in [3.05, 3.63) is 60.0 Å². The van der Waals surface area contributed by atoms with E-state index in [4.69, 9.17) is 13.9 Å². The Balaban J connectivity index is 1.66. The number of benzene rings is 2. The van der Waals surface area contributed by atoms with E-state index in [9.17, 15) is 4.79 Å². The van der Waals surface area contributed by atoms with Gasteiger partial charge in [0.1, 0.15) is 0 Å². The number of methoxy groups -OCH3 is 2. The van der Waals surface area contributed by atoms with Gasteiger partial charge in [-0.05, 0) is 29.8 Å². The van der Waals surface area contributed by atoms with Gasteiger partial charge in [-0.3, -0.25) is 4.79 Å². The number of nitrogens with zero attached hydrogens (tertiary/aromatic N) is 2. The zero-order valence-corrected chi connectivity index (χ0v) is 13.9. The van der Waals surface area contributed by atoms with Gasteiger partial charge >= 0.3 is 11.8 Å². The minimum atomic E-state index is -0.440. The Labute approximate surface area is 144 Å². The van der Waals surface area contributed by atoms with Crippen LogP contribution in [0.5, 0.6) is 11.5 Å². The fraction of sp³-hybridized carbons (Fsp3) is 0.167. The molecule has 0 saturated carbocycles. The number of rotatable bonds is 6. The van der Waals surface area contributed by atoms with E-state index in [1.54, 1.807) is 26.4 Å². The molecule has 1 amide bonds. The number of hydrogen-bond acceptors (Lipinski definition) is 6. The van der Waals surface area contributed by atoms with Crippen LogP contribution < -0.4 is 14.8 Å². The Hall–Kier alpha value is -3.35. The minimum absolute atomic E-state index is 0.0840. The van der Waals surface area contributed by atoms with Crippen molar-refractivity contribution in [2.45, 2.75) is 6.54 Å². The summed E-state index contributed by atoms with van der Waals surface area (Å²) in [5.41, 5.74) is 1.61. The molecule has 0 aliphatic carbocycles. The van der Waals surface area contributed by atoms with Crippen LogP contribution in [0.4, 0.5) is 0 Å². The van der Waals surface area contributed by atoms with E-state index in [0.717, 1.165) is 11.1 Å². The zero-order valence-electron chi connectivity index (χ0n) is 13.9. The van der Waals surface area contributed by atoms with Gasteiger partial charge in [0, 0.05) is 12.1 Å². The molecule has 2 aromatic carbocycles. The summed E-state index contributed by atoms with van der Waals surface area (Å²) in [6.07, 6.45) is 0. The number of carbonyl (C=O) groups is 1. The van der Waals surface area contributed by atoms with Crippen LogP contribution in [-0.2, 0) is 6.54 Å². The number of nitrogens with one attached hydrogen (secondary N) is 1. The highest BCUT2D eigenvalue weighted by molar-refractivity contribution is 5.89. The summed E-state index contributed by atoms with van der Waals surface area (Å²) in [7, 11) is 3.13. The monoisotopic (exact) mass is 339 g/mol. The van der Waals surface area contributed by atoms with E-state index < -0.39 is 5.91 Å². The Morgan fingerprint density at radius 1 is 1.04 bits per heavy atom. The summed E-state index contributed by atoms with van der Waals surface area (Å²) in [5, 5.41) is 10.4. The van der Waals surface area contributed by atoms with Crippen LogP contribution in [-0.4, -0.2) is 30.3 Å². The maximum atomic E-state index is 12.2. The van der Waals surface area contributed by atoms with E-state index in [1.165, 1.54) is 0 Å². The molecule has 1 aromatic heterocycles. The topological polar surface area (TPSA) is 86.5 Å². The molecule has 3 aromatic rings. The average molecular weight is 339 g/mol. The molecule has 0 fully saturated rings. The lowest BCUT2D eigenvalue weighted by Gasteiger charge is -2.09. The van der Waals surface area contributed by atoms with Crippen molar-refractivity contribution in [1.29, 1.82) is 0 Å². The van der Waals surface area contributed by atoms with Crippen molar-refractivity contribution in [2.75, 3.05) is 14.2 Å². The first-order valence-corrected chi connectivity index (χ1v) is 7.59. The maximum absolute atomic E-state index is 12.2. The summed E-state index contributed by atoms with van der Waals surface area (Å²) in [6.45, 7) is 0.294. The highest BCUT2D eigenvalue weighted by Gasteiger charge is 2.15. The van der Waals surface area contributed by atoms with Gasteiger partial charge in [0.15, 0.2) is 11.5 Å². The Bertz CT molecular complexity index is 862. The van der Waals surface area contributed by atoms with Crippen LogP contribution in [0.3, 0.4) is 0 Å². The molecule has 0 radical (unpaired) electrons. The van der Waals surface area contributed by atoms with Crippen LogP contribution in [0, 0.1) is 0 Å². The lowest BCUT2D eigenvalue weighted by atomic mass is 10.2. The van der Waals surface area contributed by atoms with Gasteiger partial charge in [-0.25, -0.2) is 0 Å². The van der Waals surface area contributed by atoms with Gasteiger partial charge in [-0.1, -0.05) is 24.3 Å². The third kappa shape index (κ3) is 3.77. The predicted octanol–water partition coefficient (Wildman–Crippen LogP) is 2.68. The van der Waals surface area contributed by atoms with Crippen molar-refractivity contribution < 1.29 is 18.7 Å². The maximum Gasteiger partial charge on any atom is 0.309 e. The molecule has 25 heavy (non-hydrogen) atoms. The van der Waals surface area contributed by atoms with Crippen molar-refractivity contribution >= 4 is 5.91 Å². The van der Waals surface area contributed by atoms with Crippen LogP contribution in [0.2, 0.25) is 0 Å². The van der Waals surface area contributed by atoms with Gasteiger partial charge in [-0.2, -0.15) is 0 Å². The molecule has 0 unspecified atom stereocenters. The number of aromatic nitrogens is 2. The molecule has 3 rings (SSSR count). The van der Waals surface area contributed by atoms with E-state index in [-0.39, 0.29) is 5.89 Å². The van der Waals surface area contributed by atoms with Gasteiger partial charge in [-0.15, -0.1) is 10.2 Å². The highest BCUT2D eigenvalue weighted by Crippen LogP contribution is 2.27. The summed E-state index contributed by atoms with van der Waals surface area (Å²) < 4.78 is 15.8. The summed E-state index contributed by atoms with van der Waals surface area (Å²) in [4.78, 5) is 12.2. The largest absolute Gasteiger partial charge is 0.493 e. The second-order valence-electron chi connectivity index (χ2n) is 5.15. The standard InChI is InChI=1S/C18H17N3O4/c1-23-14-9-8-12(10-15(14)24-2)11-19-16(22)18-21-20-17(25-18)13-6-4-3-5-7-13/h3-10H,11H2,1-2H3,(H,19,22). The van der Waals surface area contributed by atoms with Crippen molar-refractivity contribution in [3.63, 3.8) is 0 Å². The van der Waals surface area contributed by atoms with Crippen LogP contribution in [0.25, 0.3) is 11.5 Å². The molecule has 0 bridgehead atoms. The fourth-order valence-corrected chi connectivity index (χ4v) is 2.26. The quantitative estimate of drug-likeness (QED) is 0.743. The van der Waals surface area contributed by atoms with Crippen LogP contribution in [0.1, 0.15) is 16.2 Å². The first-order valence-electron chi connectivity index (χ1n) is 7.59. The molecule has 128 valence electrons. The summed E-state index contributed by atoms with van der Waals surface area (Å²) >= 11 is 0. The minimum Gasteiger partial charge on any atom is -0.493 e. The number of hydrogen-bond donors (Lipinski definition) is 1. The summed E-state index contributed by atoms with van der Waals surface area (Å²) in [5.74, 6) is 1.00. The highest BCUT2D eigenvalue weighted by atomic mass is 16.5. The Kier molecular flexibility index (Phi) is 4.94. The van der Waals surface area contributed by atoms with Gasteiger partial charge in [0.05, 0.1) is 14.2 Å². The molecule has 0 atom stereocenters. The van der Waals surface area contributed by atoms with Crippen LogP contribution in [0.15, 0.2) is 52.9 Å².